The molecule has 3 rings (SSSR count). The van der Waals surface area contributed by atoms with E-state index in [2.05, 4.69) is 55.0 Å². The van der Waals surface area contributed by atoms with Crippen molar-refractivity contribution in [2.75, 3.05) is 0 Å². The molecule has 2 heteroatoms. The van der Waals surface area contributed by atoms with E-state index in [1.54, 1.807) is 0 Å². The molecule has 0 aliphatic carbocycles. The molecule has 1 N–H and O–H groups in total. The number of benzene rings is 1. The first-order valence-corrected chi connectivity index (χ1v) is 6.03. The molecule has 0 spiro atoms. The normalized spacial score (nSPS) is 11.8. The van der Waals surface area contributed by atoms with Crippen LogP contribution in [-0.2, 0) is 0 Å². The maximum absolute atomic E-state index is 4.55. The van der Waals surface area contributed by atoms with Crippen LogP contribution in [0.1, 0.15) is 31.2 Å². The fraction of sp³-hybridized carbons (Fsp3) is 0.267. The van der Waals surface area contributed by atoms with Gasteiger partial charge in [0, 0.05) is 28.4 Å². The highest BCUT2D eigenvalue weighted by molar-refractivity contribution is 6.05. The third kappa shape index (κ3) is 1.60. The molecule has 0 aliphatic heterocycles. The lowest BCUT2D eigenvalue weighted by Crippen LogP contribution is -1.91. The molecule has 3 aromatic rings. The van der Waals surface area contributed by atoms with Crippen molar-refractivity contribution in [1.82, 2.24) is 9.97 Å². The molecular formula is C15H16N2. The maximum Gasteiger partial charge on any atom is 0.0551 e. The summed E-state index contributed by atoms with van der Waals surface area (Å²) in [7, 11) is 0. The van der Waals surface area contributed by atoms with Gasteiger partial charge in [0.15, 0.2) is 0 Å². The lowest BCUT2D eigenvalue weighted by Gasteiger charge is -2.06. The minimum Gasteiger partial charge on any atom is -0.358 e. The van der Waals surface area contributed by atoms with E-state index in [1.807, 2.05) is 6.20 Å². The van der Waals surface area contributed by atoms with E-state index in [1.165, 1.54) is 27.4 Å². The number of hydrogen-bond acceptors (Lipinski definition) is 1. The van der Waals surface area contributed by atoms with Crippen molar-refractivity contribution in [3.05, 3.63) is 41.9 Å². The van der Waals surface area contributed by atoms with Crippen molar-refractivity contribution >= 4 is 21.7 Å². The summed E-state index contributed by atoms with van der Waals surface area (Å²) in [5.74, 6) is 0.473. The number of hydrogen-bond donors (Lipinski definition) is 1. The number of rotatable bonds is 1. The average Bonchev–Trinajstić information content (AvgIpc) is 2.69. The predicted molar refractivity (Wildman–Crippen MR) is 72.4 cm³/mol. The van der Waals surface area contributed by atoms with Gasteiger partial charge in [-0.15, -0.1) is 0 Å². The van der Waals surface area contributed by atoms with E-state index in [0.717, 1.165) is 5.69 Å². The molecule has 0 fully saturated rings. The first-order chi connectivity index (χ1) is 8.15. The van der Waals surface area contributed by atoms with Crippen LogP contribution < -0.4 is 0 Å². The van der Waals surface area contributed by atoms with Crippen LogP contribution in [0.3, 0.4) is 0 Å². The molecule has 2 heterocycles. The lowest BCUT2D eigenvalue weighted by atomic mass is 10.0. The van der Waals surface area contributed by atoms with Crippen molar-refractivity contribution < 1.29 is 0 Å². The molecule has 2 aromatic heterocycles. The largest absolute Gasteiger partial charge is 0.358 e. The number of nitrogens with one attached hydrogen (secondary N) is 1. The summed E-state index contributed by atoms with van der Waals surface area (Å²) in [4.78, 5) is 7.96. The summed E-state index contributed by atoms with van der Waals surface area (Å²) >= 11 is 0. The Kier molecular flexibility index (Phi) is 2.18. The van der Waals surface area contributed by atoms with Crippen molar-refractivity contribution in [1.29, 1.82) is 0 Å². The quantitative estimate of drug-likeness (QED) is 0.661. The zero-order chi connectivity index (χ0) is 12.0. The van der Waals surface area contributed by atoms with Crippen molar-refractivity contribution in [2.45, 2.75) is 26.7 Å². The SMILES string of the molecule is Cc1cc2ccc3cc(C(C)C)ncc3c2[nH]1. The topological polar surface area (TPSA) is 28.7 Å². The Morgan fingerprint density at radius 1 is 1.12 bits per heavy atom. The summed E-state index contributed by atoms with van der Waals surface area (Å²) in [5, 5.41) is 3.73. The van der Waals surface area contributed by atoms with Gasteiger partial charge < -0.3 is 4.98 Å². The molecule has 0 saturated heterocycles. The summed E-state index contributed by atoms with van der Waals surface area (Å²) in [6, 6.07) is 8.71. The van der Waals surface area contributed by atoms with Crippen LogP contribution in [0.2, 0.25) is 0 Å². The highest BCUT2D eigenvalue weighted by Crippen LogP contribution is 2.26. The fourth-order valence-electron chi connectivity index (χ4n) is 2.30. The minimum atomic E-state index is 0.473. The molecule has 0 bridgehead atoms. The zero-order valence-electron chi connectivity index (χ0n) is 10.4. The minimum absolute atomic E-state index is 0.473. The van der Waals surface area contributed by atoms with Crippen molar-refractivity contribution in [3.63, 3.8) is 0 Å². The lowest BCUT2D eigenvalue weighted by molar-refractivity contribution is 0.826. The first kappa shape index (κ1) is 10.3. The molecule has 1 aromatic carbocycles. The molecule has 0 unspecified atom stereocenters. The van der Waals surface area contributed by atoms with Crippen LogP contribution in [0, 0.1) is 6.92 Å². The van der Waals surface area contributed by atoms with Crippen LogP contribution in [0.25, 0.3) is 21.7 Å². The smallest absolute Gasteiger partial charge is 0.0551 e. The second-order valence-electron chi connectivity index (χ2n) is 4.97. The number of H-pyrrole nitrogens is 1. The van der Waals surface area contributed by atoms with Crippen LogP contribution >= 0.6 is 0 Å². The van der Waals surface area contributed by atoms with Gasteiger partial charge in [0.2, 0.25) is 0 Å². The fourth-order valence-corrected chi connectivity index (χ4v) is 2.30. The first-order valence-electron chi connectivity index (χ1n) is 6.03. The average molecular weight is 224 g/mol. The molecule has 17 heavy (non-hydrogen) atoms. The molecule has 0 aliphatic rings. The molecule has 0 radical (unpaired) electrons. The van der Waals surface area contributed by atoms with Gasteiger partial charge in [-0.25, -0.2) is 0 Å². The predicted octanol–water partition coefficient (Wildman–Crippen LogP) is 4.15. The Balaban J connectivity index is 2.36. The van der Waals surface area contributed by atoms with E-state index < -0.39 is 0 Å². The van der Waals surface area contributed by atoms with Gasteiger partial charge in [0.1, 0.15) is 0 Å². The second kappa shape index (κ2) is 3.59. The Hall–Kier alpha value is -1.83. The number of aryl methyl sites for hydroxylation is 1. The van der Waals surface area contributed by atoms with E-state index in [0.29, 0.717) is 5.92 Å². The summed E-state index contributed by atoms with van der Waals surface area (Å²) in [5.41, 5.74) is 3.54. The Morgan fingerprint density at radius 3 is 2.65 bits per heavy atom. The number of fused-ring (bicyclic) bond motifs is 3. The molecular weight excluding hydrogens is 208 g/mol. The molecule has 2 nitrogen and oxygen atoms in total. The number of nitrogens with zero attached hydrogens (tertiary/aromatic N) is 1. The molecule has 0 atom stereocenters. The molecule has 0 saturated carbocycles. The molecule has 0 amide bonds. The summed E-state index contributed by atoms with van der Waals surface area (Å²) in [6.07, 6.45) is 1.99. The monoisotopic (exact) mass is 224 g/mol. The van der Waals surface area contributed by atoms with Gasteiger partial charge in [-0.05, 0) is 30.4 Å². The number of pyridine rings is 1. The van der Waals surface area contributed by atoms with Gasteiger partial charge in [-0.1, -0.05) is 26.0 Å². The maximum atomic E-state index is 4.55. The van der Waals surface area contributed by atoms with Crippen LogP contribution in [-0.4, -0.2) is 9.97 Å². The molecule has 86 valence electrons. The third-order valence-electron chi connectivity index (χ3n) is 3.24. The van der Waals surface area contributed by atoms with Crippen LogP contribution in [0.5, 0.6) is 0 Å². The van der Waals surface area contributed by atoms with E-state index >= 15 is 0 Å². The third-order valence-corrected chi connectivity index (χ3v) is 3.24. The summed E-state index contributed by atoms with van der Waals surface area (Å²) < 4.78 is 0. The van der Waals surface area contributed by atoms with Crippen LogP contribution in [0.15, 0.2) is 30.5 Å². The second-order valence-corrected chi connectivity index (χ2v) is 4.97. The van der Waals surface area contributed by atoms with E-state index in [9.17, 15) is 0 Å². The Morgan fingerprint density at radius 2 is 1.88 bits per heavy atom. The highest BCUT2D eigenvalue weighted by atomic mass is 14.7. The standard InChI is InChI=1S/C15H16N2/c1-9(2)14-7-11-4-5-12-6-10(3)17-15(12)13(11)8-16-14/h4-9,17H,1-3H3. The van der Waals surface area contributed by atoms with Gasteiger partial charge in [0.25, 0.3) is 0 Å². The van der Waals surface area contributed by atoms with Crippen LogP contribution in [0.4, 0.5) is 0 Å². The Labute approximate surface area is 101 Å². The van der Waals surface area contributed by atoms with E-state index in [-0.39, 0.29) is 0 Å². The number of aromatic nitrogens is 2. The Bertz CT molecular complexity index is 693. The highest BCUT2D eigenvalue weighted by Gasteiger charge is 2.06. The number of aromatic amines is 1. The van der Waals surface area contributed by atoms with Crippen molar-refractivity contribution in [3.8, 4) is 0 Å². The van der Waals surface area contributed by atoms with Gasteiger partial charge in [0.05, 0.1) is 5.52 Å². The van der Waals surface area contributed by atoms with Crippen molar-refractivity contribution in [2.24, 2.45) is 0 Å². The zero-order valence-corrected chi connectivity index (χ0v) is 10.4. The summed E-state index contributed by atoms with van der Waals surface area (Å²) in [6.45, 7) is 6.43. The van der Waals surface area contributed by atoms with E-state index in [4.69, 9.17) is 0 Å². The van der Waals surface area contributed by atoms with Gasteiger partial charge >= 0.3 is 0 Å². The van der Waals surface area contributed by atoms with Gasteiger partial charge in [-0.2, -0.15) is 0 Å². The van der Waals surface area contributed by atoms with Gasteiger partial charge in [-0.3, -0.25) is 4.98 Å².